The maximum absolute atomic E-state index is 14.0. The molecule has 0 saturated heterocycles. The summed E-state index contributed by atoms with van der Waals surface area (Å²) >= 11 is 2.23. The summed E-state index contributed by atoms with van der Waals surface area (Å²) in [4.78, 5) is 20.4. The van der Waals surface area contributed by atoms with Crippen molar-refractivity contribution in [2.24, 2.45) is 10.7 Å². The van der Waals surface area contributed by atoms with Crippen molar-refractivity contribution >= 4 is 34.2 Å². The van der Waals surface area contributed by atoms with E-state index in [9.17, 15) is 9.18 Å². The lowest BCUT2D eigenvalue weighted by molar-refractivity contribution is 0.0995. The van der Waals surface area contributed by atoms with Crippen LogP contribution >= 0.6 is 22.6 Å². The number of imidazole rings is 1. The third-order valence-corrected chi connectivity index (χ3v) is 5.03. The largest absolute Gasteiger partial charge is 0.364 e. The third kappa shape index (κ3) is 2.64. The smallest absolute Gasteiger partial charge is 0.269 e. The van der Waals surface area contributed by atoms with Crippen molar-refractivity contribution in [1.82, 2.24) is 9.55 Å². The highest BCUT2D eigenvalue weighted by molar-refractivity contribution is 14.1. The van der Waals surface area contributed by atoms with Gasteiger partial charge in [-0.2, -0.15) is 0 Å². The van der Waals surface area contributed by atoms with Crippen molar-refractivity contribution in [2.45, 2.75) is 6.54 Å². The molecular formula is C18H12FIN4O. The first-order valence-corrected chi connectivity index (χ1v) is 8.60. The fourth-order valence-electron chi connectivity index (χ4n) is 2.97. The van der Waals surface area contributed by atoms with Gasteiger partial charge in [0.2, 0.25) is 0 Å². The predicted octanol–water partition coefficient (Wildman–Crippen LogP) is 3.07. The van der Waals surface area contributed by atoms with E-state index in [1.54, 1.807) is 10.6 Å². The van der Waals surface area contributed by atoms with Crippen molar-refractivity contribution in [2.75, 3.05) is 0 Å². The number of carbonyl (C=O) groups is 1. The van der Waals surface area contributed by atoms with E-state index in [1.165, 1.54) is 18.5 Å². The molecule has 124 valence electrons. The number of hydrogen-bond donors (Lipinski definition) is 1. The Balaban J connectivity index is 2.01. The predicted molar refractivity (Wildman–Crippen MR) is 101 cm³/mol. The second kappa shape index (κ2) is 6.07. The molecule has 2 aromatic carbocycles. The summed E-state index contributed by atoms with van der Waals surface area (Å²) in [5.74, 6) is -0.957. The molecular weight excluding hydrogens is 434 g/mol. The molecule has 1 aliphatic rings. The normalized spacial score (nSPS) is 12.8. The molecule has 3 aromatic rings. The molecule has 1 aromatic heterocycles. The summed E-state index contributed by atoms with van der Waals surface area (Å²) in [7, 11) is 0. The first-order chi connectivity index (χ1) is 12.1. The van der Waals surface area contributed by atoms with Gasteiger partial charge in [-0.3, -0.25) is 14.4 Å². The standard InChI is InChI=1S/C18H12FIN4O/c19-10-5-6-14-12(7-10)16(11-3-1-2-4-13(11)20)22-8-15-17(18(21)25)23-9-24(14)15/h1-7,9H,8H2,(H2,21,25). The van der Waals surface area contributed by atoms with E-state index in [0.29, 0.717) is 22.7 Å². The third-order valence-electron chi connectivity index (χ3n) is 4.09. The van der Waals surface area contributed by atoms with Crippen molar-refractivity contribution in [3.8, 4) is 5.69 Å². The van der Waals surface area contributed by atoms with Gasteiger partial charge < -0.3 is 5.73 Å². The lowest BCUT2D eigenvalue weighted by Gasteiger charge is -2.12. The molecule has 4 rings (SSSR count). The fourth-order valence-corrected chi connectivity index (χ4v) is 3.61. The minimum atomic E-state index is -0.606. The highest BCUT2D eigenvalue weighted by Crippen LogP contribution is 2.28. The highest BCUT2D eigenvalue weighted by Gasteiger charge is 2.24. The summed E-state index contributed by atoms with van der Waals surface area (Å²) in [5.41, 5.74) is 9.16. The zero-order chi connectivity index (χ0) is 17.6. The van der Waals surface area contributed by atoms with E-state index in [2.05, 4.69) is 32.6 Å². The number of rotatable bonds is 2. The van der Waals surface area contributed by atoms with Crippen LogP contribution in [-0.4, -0.2) is 21.2 Å². The van der Waals surface area contributed by atoms with Gasteiger partial charge in [0.15, 0.2) is 5.69 Å². The van der Waals surface area contributed by atoms with Crippen LogP contribution in [0.25, 0.3) is 5.69 Å². The Morgan fingerprint density at radius 2 is 2.00 bits per heavy atom. The molecule has 0 bridgehead atoms. The summed E-state index contributed by atoms with van der Waals surface area (Å²) < 4.78 is 16.7. The molecule has 0 atom stereocenters. The summed E-state index contributed by atoms with van der Waals surface area (Å²) in [6.07, 6.45) is 1.53. The number of halogens is 2. The van der Waals surface area contributed by atoms with E-state index < -0.39 is 5.91 Å². The van der Waals surface area contributed by atoms with E-state index in [-0.39, 0.29) is 18.1 Å². The number of hydrogen-bond acceptors (Lipinski definition) is 3. The van der Waals surface area contributed by atoms with Crippen LogP contribution in [0.4, 0.5) is 4.39 Å². The lowest BCUT2D eigenvalue weighted by Crippen LogP contribution is -2.14. The molecule has 7 heteroatoms. The van der Waals surface area contributed by atoms with Crippen LogP contribution in [0, 0.1) is 9.39 Å². The van der Waals surface area contributed by atoms with Gasteiger partial charge in [0.05, 0.1) is 23.6 Å². The number of nitrogens with two attached hydrogens (primary N) is 1. The minimum Gasteiger partial charge on any atom is -0.364 e. The van der Waals surface area contributed by atoms with Gasteiger partial charge in [0.25, 0.3) is 5.91 Å². The Kier molecular flexibility index (Phi) is 3.87. The highest BCUT2D eigenvalue weighted by atomic mass is 127. The average molecular weight is 446 g/mol. The van der Waals surface area contributed by atoms with Crippen molar-refractivity contribution < 1.29 is 9.18 Å². The van der Waals surface area contributed by atoms with E-state index in [1.807, 2.05) is 24.3 Å². The number of aliphatic imine (C=N–C) groups is 1. The van der Waals surface area contributed by atoms with Crippen LogP contribution in [-0.2, 0) is 6.54 Å². The Labute approximate surface area is 156 Å². The average Bonchev–Trinajstić information content (AvgIpc) is 2.94. The molecule has 1 amide bonds. The van der Waals surface area contributed by atoms with Crippen LogP contribution in [0.3, 0.4) is 0 Å². The van der Waals surface area contributed by atoms with Gasteiger partial charge in [-0.1, -0.05) is 18.2 Å². The summed E-state index contributed by atoms with van der Waals surface area (Å²) in [5, 5.41) is 0. The number of primary amides is 1. The van der Waals surface area contributed by atoms with Crippen LogP contribution in [0.2, 0.25) is 0 Å². The molecule has 0 spiro atoms. The lowest BCUT2D eigenvalue weighted by atomic mass is 10.0. The van der Waals surface area contributed by atoms with Gasteiger partial charge in [-0.05, 0) is 46.9 Å². The topological polar surface area (TPSA) is 73.3 Å². The van der Waals surface area contributed by atoms with Crippen molar-refractivity contribution in [3.63, 3.8) is 0 Å². The second-order valence-electron chi connectivity index (χ2n) is 5.58. The molecule has 1 aliphatic heterocycles. The Morgan fingerprint density at radius 3 is 2.76 bits per heavy atom. The molecule has 0 unspecified atom stereocenters. The molecule has 0 fully saturated rings. The van der Waals surface area contributed by atoms with Crippen molar-refractivity contribution in [3.05, 3.63) is 80.7 Å². The molecule has 25 heavy (non-hydrogen) atoms. The van der Waals surface area contributed by atoms with Gasteiger partial charge in [0, 0.05) is 14.7 Å². The van der Waals surface area contributed by atoms with Gasteiger partial charge in [-0.15, -0.1) is 0 Å². The summed E-state index contributed by atoms with van der Waals surface area (Å²) in [6.45, 7) is 0.231. The monoisotopic (exact) mass is 446 g/mol. The maximum Gasteiger partial charge on any atom is 0.269 e. The molecule has 2 heterocycles. The number of amides is 1. The van der Waals surface area contributed by atoms with Gasteiger partial charge in [-0.25, -0.2) is 9.37 Å². The SMILES string of the molecule is NC(=O)c1ncn2c1CN=C(c1ccccc1I)c1cc(F)ccc1-2. The zero-order valence-corrected chi connectivity index (χ0v) is 15.1. The van der Waals surface area contributed by atoms with Gasteiger partial charge in [0.1, 0.15) is 12.1 Å². The second-order valence-corrected chi connectivity index (χ2v) is 6.74. The first-order valence-electron chi connectivity index (χ1n) is 7.52. The molecule has 2 N–H and O–H groups in total. The van der Waals surface area contributed by atoms with E-state index in [4.69, 9.17) is 5.73 Å². The van der Waals surface area contributed by atoms with E-state index >= 15 is 0 Å². The van der Waals surface area contributed by atoms with Gasteiger partial charge >= 0.3 is 0 Å². The molecule has 0 aliphatic carbocycles. The molecule has 0 saturated carbocycles. The van der Waals surface area contributed by atoms with Crippen molar-refractivity contribution in [1.29, 1.82) is 0 Å². The van der Waals surface area contributed by atoms with Crippen LogP contribution in [0.15, 0.2) is 53.8 Å². The zero-order valence-electron chi connectivity index (χ0n) is 12.9. The quantitative estimate of drug-likeness (QED) is 0.615. The van der Waals surface area contributed by atoms with Crippen LogP contribution in [0.5, 0.6) is 0 Å². The molecule has 5 nitrogen and oxygen atoms in total. The minimum absolute atomic E-state index is 0.183. The Bertz CT molecular complexity index is 1040. The fraction of sp³-hybridized carbons (Fsp3) is 0.0556. The number of aromatic nitrogens is 2. The van der Waals surface area contributed by atoms with Crippen LogP contribution in [0.1, 0.15) is 27.3 Å². The Hall–Kier alpha value is -2.55. The number of carbonyl (C=O) groups excluding carboxylic acids is 1. The number of nitrogens with zero attached hydrogens (tertiary/aromatic N) is 3. The Morgan fingerprint density at radius 1 is 1.20 bits per heavy atom. The molecule has 0 radical (unpaired) electrons. The summed E-state index contributed by atoms with van der Waals surface area (Å²) in [6, 6.07) is 12.3. The maximum atomic E-state index is 14.0. The van der Waals surface area contributed by atoms with E-state index in [0.717, 1.165) is 9.13 Å². The first kappa shape index (κ1) is 15.9. The van der Waals surface area contributed by atoms with Crippen LogP contribution < -0.4 is 5.73 Å². The number of benzene rings is 2. The number of fused-ring (bicyclic) bond motifs is 3.